The zero-order valence-corrected chi connectivity index (χ0v) is 11.9. The molecule has 104 valence electrons. The largest absolute Gasteiger partial charge is 0.338 e. The third-order valence-electron chi connectivity index (χ3n) is 4.09. The first-order valence-electron chi connectivity index (χ1n) is 6.91. The van der Waals surface area contributed by atoms with Gasteiger partial charge in [0.05, 0.1) is 5.92 Å². The second-order valence-corrected chi connectivity index (χ2v) is 5.32. The molecule has 0 spiro atoms. The molecule has 1 N–H and O–H groups in total. The zero-order valence-electron chi connectivity index (χ0n) is 11.1. The Balaban J connectivity index is 0.00000133. The molecule has 0 aliphatic carbocycles. The highest BCUT2D eigenvalue weighted by atomic mass is 35.5. The Kier molecular flexibility index (Phi) is 4.83. The van der Waals surface area contributed by atoms with E-state index in [2.05, 4.69) is 29.6 Å². The Morgan fingerprint density at radius 2 is 2.05 bits per heavy atom. The van der Waals surface area contributed by atoms with Crippen molar-refractivity contribution in [1.82, 2.24) is 10.2 Å². The highest BCUT2D eigenvalue weighted by Gasteiger charge is 2.27. The predicted octanol–water partition coefficient (Wildman–Crippen LogP) is 1.99. The van der Waals surface area contributed by atoms with E-state index in [9.17, 15) is 4.79 Å². The average molecular weight is 281 g/mol. The highest BCUT2D eigenvalue weighted by molar-refractivity contribution is 5.85. The Bertz CT molecular complexity index is 444. The number of carbonyl (C=O) groups is 1. The first-order chi connectivity index (χ1) is 8.84. The standard InChI is InChI=1S/C15H20N2O.ClH/c18-15(13-6-3-8-16-10-13)17-9-7-12-4-1-2-5-14(12)11-17;/h1-2,4-5,13,16H,3,6-11H2;1H/t13-;/m1./s1. The minimum atomic E-state index is 0. The highest BCUT2D eigenvalue weighted by Crippen LogP contribution is 2.21. The smallest absolute Gasteiger partial charge is 0.227 e. The van der Waals surface area contributed by atoms with E-state index in [1.807, 2.05) is 4.90 Å². The fourth-order valence-corrected chi connectivity index (χ4v) is 3.00. The van der Waals surface area contributed by atoms with Gasteiger partial charge in [-0.05, 0) is 36.9 Å². The molecule has 1 aromatic rings. The molecule has 0 radical (unpaired) electrons. The van der Waals surface area contributed by atoms with Crippen LogP contribution in [0, 0.1) is 5.92 Å². The first kappa shape index (κ1) is 14.4. The van der Waals surface area contributed by atoms with Crippen molar-refractivity contribution < 1.29 is 4.79 Å². The molecule has 0 unspecified atom stereocenters. The van der Waals surface area contributed by atoms with Gasteiger partial charge in [-0.25, -0.2) is 0 Å². The third kappa shape index (κ3) is 3.10. The van der Waals surface area contributed by atoms with Gasteiger partial charge in [0.25, 0.3) is 0 Å². The minimum absolute atomic E-state index is 0. The van der Waals surface area contributed by atoms with Gasteiger partial charge in [0.1, 0.15) is 0 Å². The lowest BCUT2D eigenvalue weighted by Crippen LogP contribution is -2.44. The van der Waals surface area contributed by atoms with Crippen molar-refractivity contribution in [1.29, 1.82) is 0 Å². The zero-order chi connectivity index (χ0) is 12.4. The van der Waals surface area contributed by atoms with E-state index in [-0.39, 0.29) is 18.3 Å². The number of halogens is 1. The molecule has 1 atom stereocenters. The van der Waals surface area contributed by atoms with E-state index in [1.165, 1.54) is 11.1 Å². The molecule has 1 aromatic carbocycles. The molecular formula is C15H21ClN2O. The number of carbonyl (C=O) groups excluding carboxylic acids is 1. The Hall–Kier alpha value is -1.06. The summed E-state index contributed by atoms with van der Waals surface area (Å²) in [6.07, 6.45) is 3.17. The van der Waals surface area contributed by atoms with Crippen molar-refractivity contribution in [2.45, 2.75) is 25.8 Å². The van der Waals surface area contributed by atoms with Crippen LogP contribution in [-0.4, -0.2) is 30.4 Å². The van der Waals surface area contributed by atoms with Crippen LogP contribution >= 0.6 is 12.4 Å². The second-order valence-electron chi connectivity index (χ2n) is 5.32. The quantitative estimate of drug-likeness (QED) is 0.853. The van der Waals surface area contributed by atoms with Crippen LogP contribution in [-0.2, 0) is 17.8 Å². The number of piperidine rings is 1. The van der Waals surface area contributed by atoms with E-state index in [1.54, 1.807) is 0 Å². The van der Waals surface area contributed by atoms with Gasteiger partial charge in [-0.15, -0.1) is 12.4 Å². The van der Waals surface area contributed by atoms with Crippen LogP contribution in [0.5, 0.6) is 0 Å². The fraction of sp³-hybridized carbons (Fsp3) is 0.533. The molecule has 2 aliphatic heterocycles. The van der Waals surface area contributed by atoms with Crippen molar-refractivity contribution >= 4 is 18.3 Å². The Labute approximate surface area is 120 Å². The lowest BCUT2D eigenvalue weighted by molar-refractivity contribution is -0.137. The predicted molar refractivity (Wildman–Crippen MR) is 78.4 cm³/mol. The Morgan fingerprint density at radius 3 is 2.79 bits per heavy atom. The molecule has 1 saturated heterocycles. The fourth-order valence-electron chi connectivity index (χ4n) is 3.00. The first-order valence-corrected chi connectivity index (χ1v) is 6.91. The summed E-state index contributed by atoms with van der Waals surface area (Å²) in [4.78, 5) is 14.5. The molecule has 4 heteroatoms. The van der Waals surface area contributed by atoms with Crippen LogP contribution in [0.15, 0.2) is 24.3 Å². The minimum Gasteiger partial charge on any atom is -0.338 e. The average Bonchev–Trinajstić information content (AvgIpc) is 2.47. The summed E-state index contributed by atoms with van der Waals surface area (Å²) in [7, 11) is 0. The van der Waals surface area contributed by atoms with Crippen molar-refractivity contribution in [3.63, 3.8) is 0 Å². The van der Waals surface area contributed by atoms with Crippen molar-refractivity contribution in [2.75, 3.05) is 19.6 Å². The summed E-state index contributed by atoms with van der Waals surface area (Å²) < 4.78 is 0. The molecule has 0 bridgehead atoms. The number of nitrogens with one attached hydrogen (secondary N) is 1. The van der Waals surface area contributed by atoms with Crippen LogP contribution in [0.3, 0.4) is 0 Å². The number of fused-ring (bicyclic) bond motifs is 1. The molecule has 2 heterocycles. The number of rotatable bonds is 1. The van der Waals surface area contributed by atoms with Gasteiger partial charge in [0.2, 0.25) is 5.91 Å². The number of amides is 1. The third-order valence-corrected chi connectivity index (χ3v) is 4.09. The van der Waals surface area contributed by atoms with Gasteiger partial charge in [-0.2, -0.15) is 0 Å². The SMILES string of the molecule is Cl.O=C([C@@H]1CCCNC1)N1CCc2ccccc2C1. The van der Waals surface area contributed by atoms with Crippen LogP contribution in [0.25, 0.3) is 0 Å². The number of benzene rings is 1. The summed E-state index contributed by atoms with van der Waals surface area (Å²) in [5.41, 5.74) is 2.73. The van der Waals surface area contributed by atoms with Crippen LogP contribution in [0.1, 0.15) is 24.0 Å². The summed E-state index contributed by atoms with van der Waals surface area (Å²) in [5, 5.41) is 3.33. The molecule has 3 rings (SSSR count). The molecule has 1 amide bonds. The van der Waals surface area contributed by atoms with Crippen LogP contribution in [0.4, 0.5) is 0 Å². The van der Waals surface area contributed by atoms with E-state index in [0.717, 1.165) is 45.4 Å². The molecule has 19 heavy (non-hydrogen) atoms. The summed E-state index contributed by atoms with van der Waals surface area (Å²) in [6, 6.07) is 8.48. The van der Waals surface area contributed by atoms with Crippen LogP contribution in [0.2, 0.25) is 0 Å². The molecule has 1 fully saturated rings. The van der Waals surface area contributed by atoms with Crippen molar-refractivity contribution in [3.05, 3.63) is 35.4 Å². The lowest BCUT2D eigenvalue weighted by atomic mass is 9.95. The topological polar surface area (TPSA) is 32.3 Å². The van der Waals surface area contributed by atoms with Gasteiger partial charge >= 0.3 is 0 Å². The molecule has 0 aromatic heterocycles. The van der Waals surface area contributed by atoms with Crippen molar-refractivity contribution in [3.8, 4) is 0 Å². The summed E-state index contributed by atoms with van der Waals surface area (Å²) >= 11 is 0. The summed E-state index contributed by atoms with van der Waals surface area (Å²) in [6.45, 7) is 3.60. The molecule has 3 nitrogen and oxygen atoms in total. The van der Waals surface area contributed by atoms with Crippen LogP contribution < -0.4 is 5.32 Å². The lowest BCUT2D eigenvalue weighted by Gasteiger charge is -2.33. The van der Waals surface area contributed by atoms with Crippen molar-refractivity contribution in [2.24, 2.45) is 5.92 Å². The van der Waals surface area contributed by atoms with Gasteiger partial charge in [-0.3, -0.25) is 4.79 Å². The molecule has 2 aliphatic rings. The molecule has 0 saturated carbocycles. The van der Waals surface area contributed by atoms with Gasteiger partial charge in [0.15, 0.2) is 0 Å². The second kappa shape index (κ2) is 6.40. The van der Waals surface area contributed by atoms with E-state index >= 15 is 0 Å². The van der Waals surface area contributed by atoms with E-state index in [0.29, 0.717) is 5.91 Å². The maximum absolute atomic E-state index is 12.4. The maximum atomic E-state index is 12.4. The number of hydrogen-bond donors (Lipinski definition) is 1. The molecular weight excluding hydrogens is 260 g/mol. The van der Waals surface area contributed by atoms with Gasteiger partial charge in [0, 0.05) is 19.6 Å². The number of hydrogen-bond acceptors (Lipinski definition) is 2. The monoisotopic (exact) mass is 280 g/mol. The van der Waals surface area contributed by atoms with E-state index in [4.69, 9.17) is 0 Å². The van der Waals surface area contributed by atoms with E-state index < -0.39 is 0 Å². The van der Waals surface area contributed by atoms with Gasteiger partial charge in [-0.1, -0.05) is 24.3 Å². The number of nitrogens with zero attached hydrogens (tertiary/aromatic N) is 1. The van der Waals surface area contributed by atoms with Gasteiger partial charge < -0.3 is 10.2 Å². The summed E-state index contributed by atoms with van der Waals surface area (Å²) in [5.74, 6) is 0.542. The normalized spacial score (nSPS) is 22.3. The Morgan fingerprint density at radius 1 is 1.26 bits per heavy atom. The maximum Gasteiger partial charge on any atom is 0.227 e.